The molecule has 2 rings (SSSR count). The van der Waals surface area contributed by atoms with Crippen LogP contribution in [0, 0.1) is 0 Å². The molecule has 1 aromatic rings. The van der Waals surface area contributed by atoms with E-state index in [9.17, 15) is 4.79 Å². The van der Waals surface area contributed by atoms with Gasteiger partial charge in [-0.2, -0.15) is 0 Å². The number of benzene rings is 1. The molecule has 0 saturated heterocycles. The van der Waals surface area contributed by atoms with Crippen LogP contribution in [0.25, 0.3) is 6.08 Å². The van der Waals surface area contributed by atoms with E-state index < -0.39 is 0 Å². The summed E-state index contributed by atoms with van der Waals surface area (Å²) in [6.45, 7) is 1.58. The van der Waals surface area contributed by atoms with E-state index in [2.05, 4.69) is 0 Å². The summed E-state index contributed by atoms with van der Waals surface area (Å²) in [6.07, 6.45) is 2.52. The predicted octanol–water partition coefficient (Wildman–Crippen LogP) is 2.23. The third kappa shape index (κ3) is 1.58. The second-order valence-corrected chi connectivity index (χ2v) is 3.76. The third-order valence-corrected chi connectivity index (χ3v) is 2.85. The first kappa shape index (κ1) is 10.7. The van der Waals surface area contributed by atoms with Gasteiger partial charge in [0.2, 0.25) is 0 Å². The smallest absolute Gasteiger partial charge is 0.156 e. The zero-order valence-electron chi connectivity index (χ0n) is 9.66. The largest absolute Gasteiger partial charge is 0.496 e. The van der Waals surface area contributed by atoms with Crippen molar-refractivity contribution in [1.29, 1.82) is 0 Å². The number of methoxy groups -OCH3 is 2. The fraction of sp³-hybridized carbons (Fsp3) is 0.308. The first-order valence-corrected chi connectivity index (χ1v) is 5.12. The van der Waals surface area contributed by atoms with Crippen LogP contribution in [-0.2, 0) is 11.2 Å². The molecule has 0 radical (unpaired) electrons. The summed E-state index contributed by atoms with van der Waals surface area (Å²) in [4.78, 5) is 11.4. The Morgan fingerprint density at radius 1 is 1.19 bits per heavy atom. The molecule has 84 valence electrons. The summed E-state index contributed by atoms with van der Waals surface area (Å²) in [5.41, 5.74) is 2.80. The summed E-state index contributed by atoms with van der Waals surface area (Å²) in [5, 5.41) is 0. The van der Waals surface area contributed by atoms with Gasteiger partial charge in [-0.15, -0.1) is 0 Å². The summed E-state index contributed by atoms with van der Waals surface area (Å²) in [6, 6.07) is 3.73. The standard InChI is InChI=1S/C13H14O3/c1-8(14)9-6-10-11(7-9)13(16-3)5-4-12(10)15-2/h4-6H,7H2,1-3H3. The lowest BCUT2D eigenvalue weighted by atomic mass is 10.1. The van der Waals surface area contributed by atoms with Crippen molar-refractivity contribution in [2.24, 2.45) is 0 Å². The molecule has 0 N–H and O–H groups in total. The van der Waals surface area contributed by atoms with Crippen molar-refractivity contribution in [2.45, 2.75) is 13.3 Å². The Morgan fingerprint density at radius 2 is 1.81 bits per heavy atom. The molecule has 0 aromatic heterocycles. The Kier molecular flexibility index (Phi) is 2.69. The van der Waals surface area contributed by atoms with Crippen LogP contribution in [0.5, 0.6) is 11.5 Å². The SMILES string of the molecule is COc1ccc(OC)c2c1C=C(C(C)=O)C2. The van der Waals surface area contributed by atoms with E-state index in [0.717, 1.165) is 28.2 Å². The van der Waals surface area contributed by atoms with Crippen LogP contribution < -0.4 is 9.47 Å². The maximum atomic E-state index is 11.4. The van der Waals surface area contributed by atoms with Crippen molar-refractivity contribution in [3.05, 3.63) is 28.8 Å². The quantitative estimate of drug-likeness (QED) is 0.780. The third-order valence-electron chi connectivity index (χ3n) is 2.85. The van der Waals surface area contributed by atoms with Gasteiger partial charge >= 0.3 is 0 Å². The van der Waals surface area contributed by atoms with Crippen molar-refractivity contribution in [3.8, 4) is 11.5 Å². The lowest BCUT2D eigenvalue weighted by Gasteiger charge is -2.10. The molecule has 0 fully saturated rings. The molecule has 16 heavy (non-hydrogen) atoms. The number of allylic oxidation sites excluding steroid dienone is 1. The van der Waals surface area contributed by atoms with Crippen molar-refractivity contribution in [3.63, 3.8) is 0 Å². The molecule has 3 nitrogen and oxygen atoms in total. The fourth-order valence-electron chi connectivity index (χ4n) is 1.97. The number of Topliss-reactive ketones (excluding diaryl/α,β-unsaturated/α-hetero) is 1. The highest BCUT2D eigenvalue weighted by atomic mass is 16.5. The van der Waals surface area contributed by atoms with Gasteiger partial charge in [0.15, 0.2) is 5.78 Å². The zero-order valence-corrected chi connectivity index (χ0v) is 9.66. The van der Waals surface area contributed by atoms with Gasteiger partial charge in [0.05, 0.1) is 14.2 Å². The molecule has 1 aliphatic carbocycles. The molecule has 0 heterocycles. The van der Waals surface area contributed by atoms with Gasteiger partial charge in [0, 0.05) is 23.1 Å². The van der Waals surface area contributed by atoms with Gasteiger partial charge in [-0.1, -0.05) is 0 Å². The maximum absolute atomic E-state index is 11.4. The molecule has 0 spiro atoms. The normalized spacial score (nSPS) is 13.1. The number of carbonyl (C=O) groups excluding carboxylic acids is 1. The van der Waals surface area contributed by atoms with Crippen LogP contribution in [0.3, 0.4) is 0 Å². The Labute approximate surface area is 94.7 Å². The van der Waals surface area contributed by atoms with Crippen LogP contribution in [0.15, 0.2) is 17.7 Å². The van der Waals surface area contributed by atoms with Crippen LogP contribution in [0.4, 0.5) is 0 Å². The molecule has 0 amide bonds. The van der Waals surface area contributed by atoms with Gasteiger partial charge in [-0.05, 0) is 25.1 Å². The molecular weight excluding hydrogens is 204 g/mol. The van der Waals surface area contributed by atoms with Gasteiger partial charge in [0.1, 0.15) is 11.5 Å². The van der Waals surface area contributed by atoms with E-state index in [1.54, 1.807) is 21.1 Å². The summed E-state index contributed by atoms with van der Waals surface area (Å²) >= 11 is 0. The van der Waals surface area contributed by atoms with Crippen molar-refractivity contribution < 1.29 is 14.3 Å². The average Bonchev–Trinajstić information content (AvgIpc) is 2.72. The Balaban J connectivity index is 2.53. The zero-order chi connectivity index (χ0) is 11.7. The second-order valence-electron chi connectivity index (χ2n) is 3.76. The van der Waals surface area contributed by atoms with Crippen LogP contribution >= 0.6 is 0 Å². The van der Waals surface area contributed by atoms with Crippen molar-refractivity contribution in [2.75, 3.05) is 14.2 Å². The molecule has 0 atom stereocenters. The van der Waals surface area contributed by atoms with Gasteiger partial charge in [-0.3, -0.25) is 4.79 Å². The van der Waals surface area contributed by atoms with E-state index in [-0.39, 0.29) is 5.78 Å². The highest BCUT2D eigenvalue weighted by molar-refractivity contribution is 6.01. The number of hydrogen-bond donors (Lipinski definition) is 0. The van der Waals surface area contributed by atoms with E-state index in [0.29, 0.717) is 6.42 Å². The summed E-state index contributed by atoms with van der Waals surface area (Å²) in [7, 11) is 3.26. The summed E-state index contributed by atoms with van der Waals surface area (Å²) in [5.74, 6) is 1.69. The molecule has 0 unspecified atom stereocenters. The number of ketones is 1. The monoisotopic (exact) mass is 218 g/mol. The molecule has 0 saturated carbocycles. The van der Waals surface area contributed by atoms with E-state index in [1.807, 2.05) is 18.2 Å². The lowest BCUT2D eigenvalue weighted by molar-refractivity contribution is -0.113. The average molecular weight is 218 g/mol. The van der Waals surface area contributed by atoms with Gasteiger partial charge in [-0.25, -0.2) is 0 Å². The number of rotatable bonds is 3. The number of carbonyl (C=O) groups is 1. The Bertz CT molecular complexity index is 472. The lowest BCUT2D eigenvalue weighted by Crippen LogP contribution is -1.98. The number of fused-ring (bicyclic) bond motifs is 1. The van der Waals surface area contributed by atoms with E-state index in [1.165, 1.54) is 0 Å². The highest BCUT2D eigenvalue weighted by Gasteiger charge is 2.22. The van der Waals surface area contributed by atoms with Crippen LogP contribution in [0.2, 0.25) is 0 Å². The van der Waals surface area contributed by atoms with E-state index >= 15 is 0 Å². The van der Waals surface area contributed by atoms with Gasteiger partial charge in [0.25, 0.3) is 0 Å². The number of hydrogen-bond acceptors (Lipinski definition) is 3. The number of ether oxygens (including phenoxy) is 2. The van der Waals surface area contributed by atoms with Crippen LogP contribution in [-0.4, -0.2) is 20.0 Å². The molecule has 1 aromatic carbocycles. The Morgan fingerprint density at radius 3 is 2.38 bits per heavy atom. The topological polar surface area (TPSA) is 35.5 Å². The minimum absolute atomic E-state index is 0.0975. The van der Waals surface area contributed by atoms with Crippen LogP contribution in [0.1, 0.15) is 18.1 Å². The molecule has 1 aliphatic rings. The van der Waals surface area contributed by atoms with Gasteiger partial charge < -0.3 is 9.47 Å². The highest BCUT2D eigenvalue weighted by Crippen LogP contribution is 2.38. The molecule has 0 aliphatic heterocycles. The maximum Gasteiger partial charge on any atom is 0.156 e. The Hall–Kier alpha value is -1.77. The minimum Gasteiger partial charge on any atom is -0.496 e. The first-order valence-electron chi connectivity index (χ1n) is 5.12. The fourth-order valence-corrected chi connectivity index (χ4v) is 1.97. The van der Waals surface area contributed by atoms with Crippen molar-refractivity contribution >= 4 is 11.9 Å². The first-order chi connectivity index (χ1) is 7.67. The van der Waals surface area contributed by atoms with Crippen molar-refractivity contribution in [1.82, 2.24) is 0 Å². The molecular formula is C13H14O3. The minimum atomic E-state index is 0.0975. The van der Waals surface area contributed by atoms with E-state index in [4.69, 9.17) is 9.47 Å². The predicted molar refractivity (Wildman–Crippen MR) is 61.9 cm³/mol. The molecule has 3 heteroatoms. The summed E-state index contributed by atoms with van der Waals surface area (Å²) < 4.78 is 10.6. The molecule has 0 bridgehead atoms. The second kappa shape index (κ2) is 4.00.